The standard InChI is InChI=1S/C15H26N2O4/c1-6-7-15(17-13(5)19,8-9-16-12(4)18)10-21-14(20)11(2)3/h2,6-10H2,1,3-5H3,(H,16,18)(H,17,19). The fourth-order valence-corrected chi connectivity index (χ4v) is 2.09. The molecule has 0 aromatic rings. The molecule has 0 aromatic heterocycles. The van der Waals surface area contributed by atoms with Crippen molar-refractivity contribution >= 4 is 17.8 Å². The Labute approximate surface area is 126 Å². The predicted molar refractivity (Wildman–Crippen MR) is 80.5 cm³/mol. The van der Waals surface area contributed by atoms with Crippen LogP contribution in [-0.4, -0.2) is 36.5 Å². The smallest absolute Gasteiger partial charge is 0.333 e. The number of amides is 2. The predicted octanol–water partition coefficient (Wildman–Crippen LogP) is 1.31. The van der Waals surface area contributed by atoms with Crippen LogP contribution in [0.3, 0.4) is 0 Å². The first-order chi connectivity index (χ1) is 9.72. The molecule has 0 radical (unpaired) electrons. The highest BCUT2D eigenvalue weighted by Gasteiger charge is 2.31. The van der Waals surface area contributed by atoms with Gasteiger partial charge in [0.05, 0.1) is 5.54 Å². The van der Waals surface area contributed by atoms with Crippen molar-refractivity contribution in [3.05, 3.63) is 12.2 Å². The summed E-state index contributed by atoms with van der Waals surface area (Å²) in [5, 5.41) is 5.56. The maximum Gasteiger partial charge on any atom is 0.333 e. The third-order valence-electron chi connectivity index (χ3n) is 2.98. The normalized spacial score (nSPS) is 13.0. The minimum atomic E-state index is -0.672. The molecular weight excluding hydrogens is 272 g/mol. The second kappa shape index (κ2) is 9.15. The van der Waals surface area contributed by atoms with E-state index >= 15 is 0 Å². The maximum atomic E-state index is 11.6. The Bertz CT molecular complexity index is 406. The highest BCUT2D eigenvalue weighted by molar-refractivity contribution is 5.87. The lowest BCUT2D eigenvalue weighted by Crippen LogP contribution is -2.53. The highest BCUT2D eigenvalue weighted by atomic mass is 16.5. The first kappa shape index (κ1) is 19.1. The van der Waals surface area contributed by atoms with Crippen molar-refractivity contribution in [2.24, 2.45) is 0 Å². The molecule has 2 N–H and O–H groups in total. The molecule has 0 rings (SSSR count). The summed E-state index contributed by atoms with van der Waals surface area (Å²) in [6, 6.07) is 0. The van der Waals surface area contributed by atoms with E-state index in [1.807, 2.05) is 6.92 Å². The summed E-state index contributed by atoms with van der Waals surface area (Å²) in [4.78, 5) is 34.0. The third-order valence-corrected chi connectivity index (χ3v) is 2.98. The minimum absolute atomic E-state index is 0.0612. The number of rotatable bonds is 9. The Hall–Kier alpha value is -1.85. The van der Waals surface area contributed by atoms with E-state index in [-0.39, 0.29) is 18.4 Å². The number of hydrogen-bond donors (Lipinski definition) is 2. The van der Waals surface area contributed by atoms with Gasteiger partial charge >= 0.3 is 5.97 Å². The van der Waals surface area contributed by atoms with Crippen molar-refractivity contribution in [1.82, 2.24) is 10.6 Å². The van der Waals surface area contributed by atoms with Crippen molar-refractivity contribution in [3.63, 3.8) is 0 Å². The van der Waals surface area contributed by atoms with E-state index in [1.54, 1.807) is 6.92 Å². The number of esters is 1. The van der Waals surface area contributed by atoms with E-state index in [4.69, 9.17) is 4.74 Å². The number of carbonyl (C=O) groups is 3. The molecule has 6 heteroatoms. The quantitative estimate of drug-likeness (QED) is 0.496. The summed E-state index contributed by atoms with van der Waals surface area (Å²) < 4.78 is 5.21. The Morgan fingerprint density at radius 3 is 2.14 bits per heavy atom. The van der Waals surface area contributed by atoms with Crippen LogP contribution in [-0.2, 0) is 19.1 Å². The molecule has 120 valence electrons. The molecule has 0 saturated heterocycles. The fourth-order valence-electron chi connectivity index (χ4n) is 2.09. The van der Waals surface area contributed by atoms with Crippen LogP contribution in [0, 0.1) is 0 Å². The zero-order valence-corrected chi connectivity index (χ0v) is 13.4. The lowest BCUT2D eigenvalue weighted by Gasteiger charge is -2.34. The average Bonchev–Trinajstić information content (AvgIpc) is 2.34. The van der Waals surface area contributed by atoms with Gasteiger partial charge in [-0.2, -0.15) is 0 Å². The molecule has 0 spiro atoms. The monoisotopic (exact) mass is 298 g/mol. The van der Waals surface area contributed by atoms with E-state index < -0.39 is 11.5 Å². The van der Waals surface area contributed by atoms with Crippen molar-refractivity contribution in [1.29, 1.82) is 0 Å². The summed E-state index contributed by atoms with van der Waals surface area (Å²) in [6.45, 7) is 10.4. The molecule has 21 heavy (non-hydrogen) atoms. The van der Waals surface area contributed by atoms with Crippen LogP contribution in [0.5, 0.6) is 0 Å². The summed E-state index contributed by atoms with van der Waals surface area (Å²) >= 11 is 0. The molecule has 0 bridgehead atoms. The molecule has 0 heterocycles. The van der Waals surface area contributed by atoms with Crippen LogP contribution < -0.4 is 10.6 Å². The maximum absolute atomic E-state index is 11.6. The van der Waals surface area contributed by atoms with Crippen LogP contribution in [0.25, 0.3) is 0 Å². The Balaban J connectivity index is 4.89. The molecule has 0 aliphatic heterocycles. The molecule has 1 unspecified atom stereocenters. The second-order valence-corrected chi connectivity index (χ2v) is 5.30. The lowest BCUT2D eigenvalue weighted by atomic mass is 9.90. The number of nitrogens with one attached hydrogen (secondary N) is 2. The number of carbonyl (C=O) groups excluding carboxylic acids is 3. The molecule has 0 saturated carbocycles. The molecule has 2 amide bonds. The summed E-state index contributed by atoms with van der Waals surface area (Å²) in [7, 11) is 0. The first-order valence-corrected chi connectivity index (χ1v) is 7.08. The van der Waals surface area contributed by atoms with Crippen LogP contribution in [0.15, 0.2) is 12.2 Å². The second-order valence-electron chi connectivity index (χ2n) is 5.30. The van der Waals surface area contributed by atoms with Gasteiger partial charge in [-0.1, -0.05) is 19.9 Å². The van der Waals surface area contributed by atoms with Gasteiger partial charge in [0, 0.05) is 26.0 Å². The van der Waals surface area contributed by atoms with E-state index in [2.05, 4.69) is 17.2 Å². The summed E-state index contributed by atoms with van der Waals surface area (Å²) in [5.74, 6) is -0.819. The molecule has 0 aliphatic rings. The zero-order chi connectivity index (χ0) is 16.5. The van der Waals surface area contributed by atoms with Crippen LogP contribution in [0.2, 0.25) is 0 Å². The molecule has 6 nitrogen and oxygen atoms in total. The van der Waals surface area contributed by atoms with Gasteiger partial charge in [-0.15, -0.1) is 0 Å². The van der Waals surface area contributed by atoms with Crippen molar-refractivity contribution in [2.45, 2.75) is 52.5 Å². The fraction of sp³-hybridized carbons (Fsp3) is 0.667. The molecule has 0 aromatic carbocycles. The number of ether oxygens (including phenoxy) is 1. The van der Waals surface area contributed by atoms with Crippen molar-refractivity contribution in [3.8, 4) is 0 Å². The molecule has 1 atom stereocenters. The van der Waals surface area contributed by atoms with Crippen LogP contribution in [0.4, 0.5) is 0 Å². The molecule has 0 fully saturated rings. The lowest BCUT2D eigenvalue weighted by molar-refractivity contribution is -0.142. The van der Waals surface area contributed by atoms with Crippen molar-refractivity contribution in [2.75, 3.05) is 13.2 Å². The average molecular weight is 298 g/mol. The molecule has 0 aliphatic carbocycles. The summed E-state index contributed by atoms with van der Waals surface area (Å²) in [6.07, 6.45) is 1.95. The van der Waals surface area contributed by atoms with Crippen molar-refractivity contribution < 1.29 is 19.1 Å². The Kier molecular flexibility index (Phi) is 8.35. The van der Waals surface area contributed by atoms with E-state index in [0.29, 0.717) is 25.0 Å². The van der Waals surface area contributed by atoms with Crippen LogP contribution >= 0.6 is 0 Å². The van der Waals surface area contributed by atoms with E-state index in [9.17, 15) is 14.4 Å². The summed E-state index contributed by atoms with van der Waals surface area (Å²) in [5.41, 5.74) is -0.362. The number of hydrogen-bond acceptors (Lipinski definition) is 4. The largest absolute Gasteiger partial charge is 0.460 e. The zero-order valence-electron chi connectivity index (χ0n) is 13.4. The Morgan fingerprint density at radius 2 is 1.71 bits per heavy atom. The topological polar surface area (TPSA) is 84.5 Å². The van der Waals surface area contributed by atoms with Gasteiger partial charge in [0.2, 0.25) is 11.8 Å². The van der Waals surface area contributed by atoms with Gasteiger partial charge in [0.1, 0.15) is 6.61 Å². The van der Waals surface area contributed by atoms with Crippen LogP contribution in [0.1, 0.15) is 47.0 Å². The SMILES string of the molecule is C=C(C)C(=O)OCC(CCC)(CCNC(C)=O)NC(C)=O. The Morgan fingerprint density at radius 1 is 1.10 bits per heavy atom. The van der Waals surface area contributed by atoms with Gasteiger partial charge in [0.25, 0.3) is 0 Å². The van der Waals surface area contributed by atoms with E-state index in [0.717, 1.165) is 6.42 Å². The van der Waals surface area contributed by atoms with Gasteiger partial charge in [-0.25, -0.2) is 4.79 Å². The third kappa shape index (κ3) is 8.12. The van der Waals surface area contributed by atoms with Gasteiger partial charge < -0.3 is 15.4 Å². The first-order valence-electron chi connectivity index (χ1n) is 7.08. The molecular formula is C15H26N2O4. The van der Waals surface area contributed by atoms with Gasteiger partial charge in [-0.3, -0.25) is 9.59 Å². The van der Waals surface area contributed by atoms with Gasteiger partial charge in [-0.05, 0) is 19.8 Å². The minimum Gasteiger partial charge on any atom is -0.460 e. The van der Waals surface area contributed by atoms with E-state index in [1.165, 1.54) is 13.8 Å². The highest BCUT2D eigenvalue weighted by Crippen LogP contribution is 2.19. The van der Waals surface area contributed by atoms with Gasteiger partial charge in [0.15, 0.2) is 0 Å².